The zero-order valence-electron chi connectivity index (χ0n) is 13.1. The van der Waals surface area contributed by atoms with Crippen LogP contribution in [0.3, 0.4) is 0 Å². The van der Waals surface area contributed by atoms with Crippen LogP contribution in [0, 0.1) is 0 Å². The van der Waals surface area contributed by atoms with Crippen LogP contribution >= 0.6 is 11.6 Å². The van der Waals surface area contributed by atoms with Crippen molar-refractivity contribution in [1.29, 1.82) is 0 Å². The van der Waals surface area contributed by atoms with Gasteiger partial charge in [0.2, 0.25) is 0 Å². The molecule has 0 aromatic heterocycles. The molecule has 0 bridgehead atoms. The fraction of sp³-hybridized carbons (Fsp3) is 0.235. The molecule has 5 nitrogen and oxygen atoms in total. The molecular formula is C17H18ClNO4. The molecule has 0 spiro atoms. The predicted molar refractivity (Wildman–Crippen MR) is 89.7 cm³/mol. The van der Waals surface area contributed by atoms with Gasteiger partial charge in [0.05, 0.1) is 14.2 Å². The first kappa shape index (κ1) is 17.0. The minimum atomic E-state index is -0.689. The molecule has 0 saturated heterocycles. The number of carbonyl (C=O) groups is 1. The Bertz CT molecular complexity index is 668. The largest absolute Gasteiger partial charge is 0.497 e. The average Bonchev–Trinajstić information content (AvgIpc) is 2.54. The second-order valence-corrected chi connectivity index (χ2v) is 5.24. The molecule has 0 heterocycles. The maximum absolute atomic E-state index is 12.3. The van der Waals surface area contributed by atoms with E-state index in [1.165, 1.54) is 0 Å². The van der Waals surface area contributed by atoms with E-state index in [0.717, 1.165) is 0 Å². The Hall–Kier alpha value is -2.40. The number of benzene rings is 2. The first-order valence-electron chi connectivity index (χ1n) is 6.98. The second-order valence-electron chi connectivity index (χ2n) is 4.81. The molecule has 0 aliphatic heterocycles. The lowest BCUT2D eigenvalue weighted by atomic mass is 10.2. The third-order valence-corrected chi connectivity index (χ3v) is 3.33. The van der Waals surface area contributed by atoms with Gasteiger partial charge in [-0.2, -0.15) is 0 Å². The molecule has 1 amide bonds. The number of amides is 1. The van der Waals surface area contributed by atoms with Crippen LogP contribution in [0.2, 0.25) is 5.02 Å². The van der Waals surface area contributed by atoms with E-state index in [1.807, 2.05) is 0 Å². The summed E-state index contributed by atoms with van der Waals surface area (Å²) in [5.74, 6) is 1.41. The van der Waals surface area contributed by atoms with Crippen LogP contribution < -0.4 is 19.5 Å². The zero-order valence-corrected chi connectivity index (χ0v) is 13.9. The molecule has 2 aromatic carbocycles. The van der Waals surface area contributed by atoms with Gasteiger partial charge >= 0.3 is 0 Å². The van der Waals surface area contributed by atoms with Crippen LogP contribution in [-0.4, -0.2) is 26.2 Å². The van der Waals surface area contributed by atoms with Gasteiger partial charge in [-0.25, -0.2) is 0 Å². The number of anilines is 1. The quantitative estimate of drug-likeness (QED) is 0.873. The Morgan fingerprint density at radius 1 is 1.04 bits per heavy atom. The minimum Gasteiger partial charge on any atom is -0.497 e. The van der Waals surface area contributed by atoms with Crippen LogP contribution in [0.4, 0.5) is 5.69 Å². The van der Waals surface area contributed by atoms with E-state index in [1.54, 1.807) is 63.6 Å². The van der Waals surface area contributed by atoms with Gasteiger partial charge in [0.1, 0.15) is 17.2 Å². The molecule has 0 saturated carbocycles. The Balaban J connectivity index is 2.06. The lowest BCUT2D eigenvalue weighted by Gasteiger charge is -2.16. The Kier molecular flexibility index (Phi) is 5.71. The Morgan fingerprint density at radius 2 is 1.70 bits per heavy atom. The summed E-state index contributed by atoms with van der Waals surface area (Å²) in [6.07, 6.45) is -0.689. The first-order valence-corrected chi connectivity index (χ1v) is 7.36. The number of halogens is 1. The predicted octanol–water partition coefficient (Wildman–Crippen LogP) is 3.76. The molecule has 122 valence electrons. The van der Waals surface area contributed by atoms with Crippen molar-refractivity contribution in [2.24, 2.45) is 0 Å². The third kappa shape index (κ3) is 4.79. The number of hydrogen-bond donors (Lipinski definition) is 1. The molecule has 1 N–H and O–H groups in total. The summed E-state index contributed by atoms with van der Waals surface area (Å²) in [6, 6.07) is 12.0. The summed E-state index contributed by atoms with van der Waals surface area (Å²) in [5.41, 5.74) is 0.563. The summed E-state index contributed by atoms with van der Waals surface area (Å²) < 4.78 is 15.9. The van der Waals surface area contributed by atoms with Crippen LogP contribution in [0.1, 0.15) is 6.92 Å². The van der Waals surface area contributed by atoms with Crippen molar-refractivity contribution in [2.75, 3.05) is 19.5 Å². The maximum Gasteiger partial charge on any atom is 0.265 e. The monoisotopic (exact) mass is 335 g/mol. The lowest BCUT2D eigenvalue weighted by Crippen LogP contribution is -2.30. The molecule has 1 atom stereocenters. The van der Waals surface area contributed by atoms with Gasteiger partial charge in [-0.1, -0.05) is 17.7 Å². The third-order valence-electron chi connectivity index (χ3n) is 3.10. The van der Waals surface area contributed by atoms with E-state index in [2.05, 4.69) is 5.32 Å². The highest BCUT2D eigenvalue weighted by Crippen LogP contribution is 2.26. The van der Waals surface area contributed by atoms with E-state index in [4.69, 9.17) is 25.8 Å². The average molecular weight is 336 g/mol. The summed E-state index contributed by atoms with van der Waals surface area (Å²) >= 11 is 5.90. The smallest absolute Gasteiger partial charge is 0.265 e. The number of hydrogen-bond acceptors (Lipinski definition) is 4. The number of ether oxygens (including phenoxy) is 3. The Labute approximate surface area is 140 Å². The fourth-order valence-electron chi connectivity index (χ4n) is 1.92. The van der Waals surface area contributed by atoms with Crippen molar-refractivity contribution in [2.45, 2.75) is 13.0 Å². The van der Waals surface area contributed by atoms with Gasteiger partial charge in [0, 0.05) is 28.9 Å². The van der Waals surface area contributed by atoms with Crippen LogP contribution in [0.25, 0.3) is 0 Å². The molecule has 6 heteroatoms. The molecular weight excluding hydrogens is 318 g/mol. The van der Waals surface area contributed by atoms with Crippen molar-refractivity contribution in [3.05, 3.63) is 47.5 Å². The minimum absolute atomic E-state index is 0.291. The van der Waals surface area contributed by atoms with Gasteiger partial charge < -0.3 is 19.5 Å². The van der Waals surface area contributed by atoms with Crippen molar-refractivity contribution in [3.8, 4) is 17.2 Å². The maximum atomic E-state index is 12.3. The Morgan fingerprint density at radius 3 is 2.26 bits per heavy atom. The summed E-state index contributed by atoms with van der Waals surface area (Å²) in [7, 11) is 3.09. The first-order chi connectivity index (χ1) is 11.0. The summed E-state index contributed by atoms with van der Waals surface area (Å²) in [4.78, 5) is 12.3. The molecule has 2 aromatic rings. The van der Waals surface area contributed by atoms with E-state index < -0.39 is 6.10 Å². The molecule has 0 unspecified atom stereocenters. The van der Waals surface area contributed by atoms with Gasteiger partial charge in [-0.15, -0.1) is 0 Å². The van der Waals surface area contributed by atoms with E-state index in [-0.39, 0.29) is 5.91 Å². The van der Waals surface area contributed by atoms with Gasteiger partial charge in [-0.05, 0) is 25.1 Å². The molecule has 0 fully saturated rings. The highest BCUT2D eigenvalue weighted by atomic mass is 35.5. The second kappa shape index (κ2) is 7.74. The van der Waals surface area contributed by atoms with Crippen molar-refractivity contribution >= 4 is 23.2 Å². The topological polar surface area (TPSA) is 56.8 Å². The normalized spacial score (nSPS) is 11.5. The highest BCUT2D eigenvalue weighted by molar-refractivity contribution is 6.30. The number of rotatable bonds is 6. The fourth-order valence-corrected chi connectivity index (χ4v) is 2.10. The van der Waals surface area contributed by atoms with Crippen molar-refractivity contribution in [3.63, 3.8) is 0 Å². The lowest BCUT2D eigenvalue weighted by molar-refractivity contribution is -0.122. The molecule has 2 rings (SSSR count). The number of carbonyl (C=O) groups excluding carboxylic acids is 1. The van der Waals surface area contributed by atoms with Gasteiger partial charge in [0.25, 0.3) is 5.91 Å². The zero-order chi connectivity index (χ0) is 16.8. The number of nitrogens with one attached hydrogen (secondary N) is 1. The molecule has 23 heavy (non-hydrogen) atoms. The van der Waals surface area contributed by atoms with E-state index >= 15 is 0 Å². The van der Waals surface area contributed by atoms with E-state index in [0.29, 0.717) is 28.0 Å². The van der Waals surface area contributed by atoms with Crippen LogP contribution in [-0.2, 0) is 4.79 Å². The van der Waals surface area contributed by atoms with Gasteiger partial charge in [-0.3, -0.25) is 4.79 Å². The standard InChI is InChI=1S/C17H18ClNO4/c1-11(23-14-6-4-5-12(18)7-14)17(20)19-13-8-15(21-2)10-16(9-13)22-3/h4-11H,1-3H3,(H,19,20)/t11-/m0/s1. The van der Waals surface area contributed by atoms with Gasteiger partial charge in [0.15, 0.2) is 6.10 Å². The van der Waals surface area contributed by atoms with Crippen molar-refractivity contribution < 1.29 is 19.0 Å². The molecule has 0 aliphatic rings. The summed E-state index contributed by atoms with van der Waals surface area (Å²) in [6.45, 7) is 1.66. The molecule has 0 radical (unpaired) electrons. The summed E-state index contributed by atoms with van der Waals surface area (Å²) in [5, 5.41) is 3.32. The SMILES string of the molecule is COc1cc(NC(=O)[C@H](C)Oc2cccc(Cl)c2)cc(OC)c1. The van der Waals surface area contributed by atoms with E-state index in [9.17, 15) is 4.79 Å². The molecule has 0 aliphatic carbocycles. The number of methoxy groups -OCH3 is 2. The van der Waals surface area contributed by atoms with Crippen LogP contribution in [0.15, 0.2) is 42.5 Å². The highest BCUT2D eigenvalue weighted by Gasteiger charge is 2.16. The van der Waals surface area contributed by atoms with Crippen molar-refractivity contribution in [1.82, 2.24) is 0 Å². The van der Waals surface area contributed by atoms with Crippen LogP contribution in [0.5, 0.6) is 17.2 Å².